The fourth-order valence-corrected chi connectivity index (χ4v) is 0.488. The molecular formula is C9H14O2. The minimum Gasteiger partial charge on any atom is -0.461 e. The fraction of sp³-hybridized carbons (Fsp3) is 0.444. The number of allylic oxidation sites excluding steroid dienone is 3. The molecular weight excluding hydrogens is 140 g/mol. The molecule has 11 heavy (non-hydrogen) atoms. The largest absolute Gasteiger partial charge is 0.461 e. The Morgan fingerprint density at radius 3 is 2.73 bits per heavy atom. The standard InChI is InChI=1S/C9H14O2/c1-3-5-6-7-8-11-9(10)4-2/h3,5-7H,4,8H2,1-2H3/b5-3-,7-6+. The van der Waals surface area contributed by atoms with Crippen molar-refractivity contribution in [3.8, 4) is 0 Å². The van der Waals surface area contributed by atoms with Gasteiger partial charge in [-0.2, -0.15) is 0 Å². The second kappa shape index (κ2) is 7.06. The van der Waals surface area contributed by atoms with Gasteiger partial charge in [0.05, 0.1) is 0 Å². The Balaban J connectivity index is 3.33. The van der Waals surface area contributed by atoms with Gasteiger partial charge in [-0.05, 0) is 13.0 Å². The lowest BCUT2D eigenvalue weighted by Crippen LogP contribution is -2.01. The highest BCUT2D eigenvalue weighted by atomic mass is 16.5. The average molecular weight is 154 g/mol. The molecule has 2 nitrogen and oxygen atoms in total. The van der Waals surface area contributed by atoms with Crippen LogP contribution < -0.4 is 0 Å². The maximum Gasteiger partial charge on any atom is 0.305 e. The zero-order valence-corrected chi connectivity index (χ0v) is 7.04. The third-order valence-electron chi connectivity index (χ3n) is 1.07. The van der Waals surface area contributed by atoms with Gasteiger partial charge in [-0.25, -0.2) is 0 Å². The predicted molar refractivity (Wildman–Crippen MR) is 45.2 cm³/mol. The van der Waals surface area contributed by atoms with E-state index in [0.29, 0.717) is 13.0 Å². The van der Waals surface area contributed by atoms with E-state index in [-0.39, 0.29) is 5.97 Å². The molecule has 2 heteroatoms. The summed E-state index contributed by atoms with van der Waals surface area (Å²) in [5.74, 6) is -0.157. The van der Waals surface area contributed by atoms with E-state index in [2.05, 4.69) is 0 Å². The van der Waals surface area contributed by atoms with Gasteiger partial charge in [0.15, 0.2) is 0 Å². The van der Waals surface area contributed by atoms with Crippen molar-refractivity contribution < 1.29 is 9.53 Å². The lowest BCUT2D eigenvalue weighted by atomic mass is 10.4. The molecule has 0 saturated heterocycles. The van der Waals surface area contributed by atoms with E-state index < -0.39 is 0 Å². The monoisotopic (exact) mass is 154 g/mol. The van der Waals surface area contributed by atoms with Crippen LogP contribution in [0.25, 0.3) is 0 Å². The molecule has 0 amide bonds. The molecule has 0 atom stereocenters. The lowest BCUT2D eigenvalue weighted by Gasteiger charge is -1.95. The maximum absolute atomic E-state index is 10.6. The van der Waals surface area contributed by atoms with Crippen LogP contribution in [0.5, 0.6) is 0 Å². The maximum atomic E-state index is 10.6. The van der Waals surface area contributed by atoms with Crippen LogP contribution in [0.3, 0.4) is 0 Å². The van der Waals surface area contributed by atoms with Crippen LogP contribution in [0.4, 0.5) is 0 Å². The fourth-order valence-electron chi connectivity index (χ4n) is 0.488. The molecule has 0 aliphatic rings. The summed E-state index contributed by atoms with van der Waals surface area (Å²) in [4.78, 5) is 10.6. The first-order valence-corrected chi connectivity index (χ1v) is 3.74. The van der Waals surface area contributed by atoms with Crippen LogP contribution in [0.1, 0.15) is 20.3 Å². The van der Waals surface area contributed by atoms with E-state index in [0.717, 1.165) is 0 Å². The first kappa shape index (κ1) is 9.95. The van der Waals surface area contributed by atoms with Crippen molar-refractivity contribution in [3.63, 3.8) is 0 Å². The number of carbonyl (C=O) groups is 1. The van der Waals surface area contributed by atoms with E-state index in [9.17, 15) is 4.79 Å². The first-order valence-electron chi connectivity index (χ1n) is 3.74. The number of rotatable bonds is 4. The van der Waals surface area contributed by atoms with Gasteiger partial charge in [0, 0.05) is 6.42 Å². The van der Waals surface area contributed by atoms with Gasteiger partial charge in [0.25, 0.3) is 0 Å². The molecule has 0 bridgehead atoms. The minimum absolute atomic E-state index is 0.157. The number of esters is 1. The predicted octanol–water partition coefficient (Wildman–Crippen LogP) is 2.07. The highest BCUT2D eigenvalue weighted by Crippen LogP contribution is 1.85. The van der Waals surface area contributed by atoms with Crippen LogP contribution in [-0.2, 0) is 9.53 Å². The van der Waals surface area contributed by atoms with Gasteiger partial charge < -0.3 is 4.74 Å². The average Bonchev–Trinajstić information content (AvgIpc) is 2.04. The van der Waals surface area contributed by atoms with E-state index in [4.69, 9.17) is 4.74 Å². The van der Waals surface area contributed by atoms with Gasteiger partial charge in [-0.3, -0.25) is 4.79 Å². The highest BCUT2D eigenvalue weighted by molar-refractivity contribution is 5.68. The SMILES string of the molecule is C/C=C\C=C\COC(=O)CC. The first-order chi connectivity index (χ1) is 5.31. The van der Waals surface area contributed by atoms with Crippen molar-refractivity contribution in [1.29, 1.82) is 0 Å². The van der Waals surface area contributed by atoms with E-state index in [1.165, 1.54) is 0 Å². The summed E-state index contributed by atoms with van der Waals surface area (Å²) in [5.41, 5.74) is 0. The Kier molecular flexibility index (Phi) is 6.39. The summed E-state index contributed by atoms with van der Waals surface area (Å²) >= 11 is 0. The molecule has 0 rings (SSSR count). The third kappa shape index (κ3) is 6.84. The van der Waals surface area contributed by atoms with E-state index >= 15 is 0 Å². The molecule has 0 unspecified atom stereocenters. The van der Waals surface area contributed by atoms with Crippen molar-refractivity contribution in [1.82, 2.24) is 0 Å². The summed E-state index contributed by atoms with van der Waals surface area (Å²) in [6.07, 6.45) is 7.89. The van der Waals surface area contributed by atoms with E-state index in [1.54, 1.807) is 13.0 Å². The van der Waals surface area contributed by atoms with Crippen LogP contribution >= 0.6 is 0 Å². The minimum atomic E-state index is -0.157. The van der Waals surface area contributed by atoms with Crippen LogP contribution in [0.2, 0.25) is 0 Å². The Bertz CT molecular complexity index is 157. The van der Waals surface area contributed by atoms with Gasteiger partial charge in [-0.15, -0.1) is 0 Å². The Morgan fingerprint density at radius 1 is 1.45 bits per heavy atom. The molecule has 0 spiro atoms. The molecule has 0 radical (unpaired) electrons. The normalized spacial score (nSPS) is 11.1. The van der Waals surface area contributed by atoms with Crippen LogP contribution in [0.15, 0.2) is 24.3 Å². The zero-order chi connectivity index (χ0) is 8.53. The summed E-state index contributed by atoms with van der Waals surface area (Å²) in [6, 6.07) is 0. The molecule has 0 saturated carbocycles. The summed E-state index contributed by atoms with van der Waals surface area (Å²) < 4.78 is 4.78. The second-order valence-corrected chi connectivity index (χ2v) is 1.99. The highest BCUT2D eigenvalue weighted by Gasteiger charge is 1.92. The summed E-state index contributed by atoms with van der Waals surface area (Å²) in [7, 11) is 0. The van der Waals surface area contributed by atoms with Crippen molar-refractivity contribution in [3.05, 3.63) is 24.3 Å². The Morgan fingerprint density at radius 2 is 2.18 bits per heavy atom. The smallest absolute Gasteiger partial charge is 0.305 e. The van der Waals surface area contributed by atoms with Gasteiger partial charge in [-0.1, -0.05) is 25.2 Å². The van der Waals surface area contributed by atoms with E-state index in [1.807, 2.05) is 25.2 Å². The molecule has 0 N–H and O–H groups in total. The number of carbonyl (C=O) groups excluding carboxylic acids is 1. The molecule has 0 aliphatic carbocycles. The number of hydrogen-bond donors (Lipinski definition) is 0. The molecule has 0 aromatic rings. The van der Waals surface area contributed by atoms with Gasteiger partial charge in [0.2, 0.25) is 0 Å². The summed E-state index contributed by atoms with van der Waals surface area (Å²) in [5, 5.41) is 0. The Labute approximate surface area is 67.6 Å². The van der Waals surface area contributed by atoms with Crippen molar-refractivity contribution in [2.45, 2.75) is 20.3 Å². The van der Waals surface area contributed by atoms with Crippen molar-refractivity contribution in [2.24, 2.45) is 0 Å². The molecule has 0 heterocycles. The number of hydrogen-bond acceptors (Lipinski definition) is 2. The lowest BCUT2D eigenvalue weighted by molar-refractivity contribution is -0.141. The Hall–Kier alpha value is -1.05. The van der Waals surface area contributed by atoms with Gasteiger partial charge >= 0.3 is 5.97 Å². The molecule has 0 aliphatic heterocycles. The topological polar surface area (TPSA) is 26.3 Å². The molecule has 0 aromatic heterocycles. The molecule has 62 valence electrons. The molecule has 0 fully saturated rings. The van der Waals surface area contributed by atoms with Gasteiger partial charge in [0.1, 0.15) is 6.61 Å². The van der Waals surface area contributed by atoms with Crippen molar-refractivity contribution >= 4 is 5.97 Å². The van der Waals surface area contributed by atoms with Crippen LogP contribution in [-0.4, -0.2) is 12.6 Å². The number of ether oxygens (including phenoxy) is 1. The summed E-state index contributed by atoms with van der Waals surface area (Å²) in [6.45, 7) is 4.08. The third-order valence-corrected chi connectivity index (χ3v) is 1.07. The zero-order valence-electron chi connectivity index (χ0n) is 7.04. The molecule has 0 aromatic carbocycles. The van der Waals surface area contributed by atoms with Crippen LogP contribution in [0, 0.1) is 0 Å². The van der Waals surface area contributed by atoms with Crippen molar-refractivity contribution in [2.75, 3.05) is 6.61 Å². The second-order valence-electron chi connectivity index (χ2n) is 1.99. The quantitative estimate of drug-likeness (QED) is 0.457.